The Morgan fingerprint density at radius 2 is 1.10 bits per heavy atom. The molecular formula is C35H44N4O. The molecule has 3 N–H and O–H groups in total. The number of fused-ring (bicyclic) bond motifs is 8. The Morgan fingerprint density at radius 1 is 0.625 bits per heavy atom. The second kappa shape index (κ2) is 13.3. The number of aliphatic hydroxyl groups is 1. The summed E-state index contributed by atoms with van der Waals surface area (Å²) in [6.07, 6.45) is 19.8. The number of aliphatic hydroxyl groups excluding tert-OH is 1. The smallest absolute Gasteiger partial charge is 0.0829 e. The zero-order valence-corrected chi connectivity index (χ0v) is 24.4. The van der Waals surface area contributed by atoms with Gasteiger partial charge in [0.05, 0.1) is 28.9 Å². The van der Waals surface area contributed by atoms with Gasteiger partial charge in [0.15, 0.2) is 0 Å². The van der Waals surface area contributed by atoms with E-state index < -0.39 is 6.10 Å². The minimum absolute atomic E-state index is 0.608. The Hall–Kier alpha value is -3.44. The van der Waals surface area contributed by atoms with Crippen molar-refractivity contribution in [1.82, 2.24) is 19.9 Å². The molecule has 40 heavy (non-hydrogen) atoms. The standard InChI is InChI=1S/C35H44N4O/c1-4-7-9-11-13-26-28-17-15-24(36-28)23-25-16-18-29(37-25)27(14-12-10-8-5-2)31-20-22-33(39-31)35(34(40)6-3)32-21-19-30(26)38-32/h15-23,34,36-37,40H,4-14H2,1-3H3. The number of unbranched alkanes of at least 4 members (excludes halogenated alkanes) is 6. The number of rotatable bonds is 12. The summed E-state index contributed by atoms with van der Waals surface area (Å²) >= 11 is 0. The van der Waals surface area contributed by atoms with E-state index in [2.05, 4.69) is 78.5 Å². The van der Waals surface area contributed by atoms with Gasteiger partial charge in [-0.25, -0.2) is 9.97 Å². The maximum atomic E-state index is 11.2. The average molecular weight is 537 g/mol. The van der Waals surface area contributed by atoms with E-state index in [1.54, 1.807) is 0 Å². The molecule has 0 aromatic carbocycles. The van der Waals surface area contributed by atoms with Crippen molar-refractivity contribution in [3.05, 3.63) is 69.8 Å². The van der Waals surface area contributed by atoms with E-state index >= 15 is 0 Å². The van der Waals surface area contributed by atoms with E-state index in [1.165, 1.54) is 49.7 Å². The molecule has 2 aliphatic rings. The maximum absolute atomic E-state index is 11.2. The Bertz CT molecular complexity index is 1430. The predicted molar refractivity (Wildman–Crippen MR) is 170 cm³/mol. The second-order valence-corrected chi connectivity index (χ2v) is 11.1. The summed E-state index contributed by atoms with van der Waals surface area (Å²) in [5.74, 6) is 0. The Morgan fingerprint density at radius 3 is 1.55 bits per heavy atom. The molecule has 1 atom stereocenters. The lowest BCUT2D eigenvalue weighted by Crippen LogP contribution is -2.02. The normalized spacial score (nSPS) is 13.3. The molecule has 3 aromatic rings. The van der Waals surface area contributed by atoms with E-state index in [1.807, 2.05) is 6.92 Å². The molecule has 0 fully saturated rings. The number of H-pyrrole nitrogens is 2. The summed E-state index contributed by atoms with van der Waals surface area (Å²) < 4.78 is 0. The first kappa shape index (κ1) is 28.1. The molecule has 5 heteroatoms. The van der Waals surface area contributed by atoms with Crippen molar-refractivity contribution in [3.8, 4) is 0 Å². The van der Waals surface area contributed by atoms with Crippen molar-refractivity contribution >= 4 is 46.4 Å². The second-order valence-electron chi connectivity index (χ2n) is 11.1. The maximum Gasteiger partial charge on any atom is 0.0829 e. The lowest BCUT2D eigenvalue weighted by Gasteiger charge is -2.10. The SMILES string of the molecule is CCCCCCc1c2nc(c(C(O)CC)c3nc(c(CCCCCC)c4ccc(cc5ccc1[nH]5)[nH]4)C=C3)C=C2. The van der Waals surface area contributed by atoms with Crippen LogP contribution in [-0.4, -0.2) is 25.0 Å². The molecule has 5 rings (SSSR count). The van der Waals surface area contributed by atoms with E-state index in [9.17, 15) is 5.11 Å². The van der Waals surface area contributed by atoms with Crippen molar-refractivity contribution in [2.45, 2.75) is 97.5 Å². The summed E-state index contributed by atoms with van der Waals surface area (Å²) in [7, 11) is 0. The highest BCUT2D eigenvalue weighted by atomic mass is 16.3. The fourth-order valence-corrected chi connectivity index (χ4v) is 5.81. The molecule has 5 nitrogen and oxygen atoms in total. The summed E-state index contributed by atoms with van der Waals surface area (Å²) in [5, 5.41) is 11.2. The first-order chi connectivity index (χ1) is 19.6. The fraction of sp³-hybridized carbons (Fsp3) is 0.429. The van der Waals surface area contributed by atoms with Crippen LogP contribution in [0.1, 0.15) is 124 Å². The predicted octanol–water partition coefficient (Wildman–Crippen LogP) is 9.34. The van der Waals surface area contributed by atoms with Crippen LogP contribution in [0.2, 0.25) is 0 Å². The van der Waals surface area contributed by atoms with E-state index in [4.69, 9.17) is 9.97 Å². The van der Waals surface area contributed by atoms with Gasteiger partial charge in [0.1, 0.15) is 0 Å². The van der Waals surface area contributed by atoms with Gasteiger partial charge < -0.3 is 15.1 Å². The van der Waals surface area contributed by atoms with Crippen molar-refractivity contribution in [1.29, 1.82) is 0 Å². The summed E-state index contributed by atoms with van der Waals surface area (Å²) in [6, 6.07) is 10.8. The van der Waals surface area contributed by atoms with Crippen LogP contribution in [0.4, 0.5) is 0 Å². The molecule has 1 unspecified atom stereocenters. The molecule has 5 heterocycles. The van der Waals surface area contributed by atoms with Gasteiger partial charge in [0.25, 0.3) is 0 Å². The lowest BCUT2D eigenvalue weighted by molar-refractivity contribution is 0.172. The number of nitrogens with zero attached hydrogens (tertiary/aromatic N) is 2. The number of aromatic amines is 2. The highest BCUT2D eigenvalue weighted by Crippen LogP contribution is 2.31. The van der Waals surface area contributed by atoms with Crippen LogP contribution in [-0.2, 0) is 12.8 Å². The largest absolute Gasteiger partial charge is 0.388 e. The number of aromatic nitrogens is 4. The Kier molecular flexibility index (Phi) is 9.33. The molecule has 0 amide bonds. The first-order valence-electron chi connectivity index (χ1n) is 15.4. The molecule has 0 radical (unpaired) electrons. The zero-order valence-electron chi connectivity index (χ0n) is 24.4. The number of nitrogens with one attached hydrogen (secondary N) is 2. The zero-order chi connectivity index (χ0) is 27.9. The van der Waals surface area contributed by atoms with Gasteiger partial charge >= 0.3 is 0 Å². The molecule has 2 aliphatic heterocycles. The van der Waals surface area contributed by atoms with Crippen molar-refractivity contribution in [3.63, 3.8) is 0 Å². The summed E-state index contributed by atoms with van der Waals surface area (Å²) in [5.41, 5.74) is 11.2. The van der Waals surface area contributed by atoms with Gasteiger partial charge in [-0.15, -0.1) is 0 Å². The van der Waals surface area contributed by atoms with Gasteiger partial charge in [-0.3, -0.25) is 0 Å². The van der Waals surface area contributed by atoms with Crippen LogP contribution in [0.3, 0.4) is 0 Å². The van der Waals surface area contributed by atoms with Gasteiger partial charge in [-0.1, -0.05) is 59.3 Å². The third-order valence-corrected chi connectivity index (χ3v) is 8.11. The molecule has 210 valence electrons. The highest BCUT2D eigenvalue weighted by Gasteiger charge is 2.20. The van der Waals surface area contributed by atoms with Crippen molar-refractivity contribution in [2.75, 3.05) is 0 Å². The Labute approximate surface area is 238 Å². The molecule has 8 bridgehead atoms. The minimum atomic E-state index is -0.630. The molecule has 0 spiro atoms. The van der Waals surface area contributed by atoms with E-state index in [-0.39, 0.29) is 0 Å². The topological polar surface area (TPSA) is 77.6 Å². The number of hydrogen-bond donors (Lipinski definition) is 3. The van der Waals surface area contributed by atoms with Gasteiger partial charge in [-0.2, -0.15) is 0 Å². The molecular weight excluding hydrogens is 492 g/mol. The number of hydrogen-bond acceptors (Lipinski definition) is 3. The quantitative estimate of drug-likeness (QED) is 0.139. The van der Waals surface area contributed by atoms with Crippen molar-refractivity contribution < 1.29 is 5.11 Å². The Balaban J connectivity index is 1.76. The van der Waals surface area contributed by atoms with Crippen LogP contribution in [0.25, 0.3) is 46.4 Å². The van der Waals surface area contributed by atoms with Crippen molar-refractivity contribution in [2.24, 2.45) is 0 Å². The minimum Gasteiger partial charge on any atom is -0.388 e. The molecule has 0 aliphatic carbocycles. The van der Waals surface area contributed by atoms with Crippen LogP contribution in [0.15, 0.2) is 30.3 Å². The van der Waals surface area contributed by atoms with Gasteiger partial charge in [0, 0.05) is 38.8 Å². The lowest BCUT2D eigenvalue weighted by atomic mass is 10.0. The summed E-state index contributed by atoms with van der Waals surface area (Å²) in [6.45, 7) is 6.50. The third-order valence-electron chi connectivity index (χ3n) is 8.11. The van der Waals surface area contributed by atoms with E-state index in [0.717, 1.165) is 76.1 Å². The average Bonchev–Trinajstić information content (AvgIpc) is 3.78. The number of aryl methyl sites for hydroxylation is 2. The first-order valence-corrected chi connectivity index (χ1v) is 15.4. The van der Waals surface area contributed by atoms with Gasteiger partial charge in [0.2, 0.25) is 0 Å². The molecule has 0 saturated carbocycles. The monoisotopic (exact) mass is 536 g/mol. The van der Waals surface area contributed by atoms with Gasteiger partial charge in [-0.05, 0) is 86.7 Å². The van der Waals surface area contributed by atoms with Crippen LogP contribution < -0.4 is 0 Å². The molecule has 3 aromatic heterocycles. The third kappa shape index (κ3) is 6.31. The van der Waals surface area contributed by atoms with Crippen LogP contribution >= 0.6 is 0 Å². The van der Waals surface area contributed by atoms with Crippen LogP contribution in [0, 0.1) is 0 Å². The summed E-state index contributed by atoms with van der Waals surface area (Å²) in [4.78, 5) is 17.6. The van der Waals surface area contributed by atoms with E-state index in [0.29, 0.717) is 6.42 Å². The fourth-order valence-electron chi connectivity index (χ4n) is 5.81. The van der Waals surface area contributed by atoms with Crippen LogP contribution in [0.5, 0.6) is 0 Å². The molecule has 0 saturated heterocycles. The highest BCUT2D eigenvalue weighted by molar-refractivity contribution is 5.82.